The minimum absolute atomic E-state index is 0.0953. The summed E-state index contributed by atoms with van der Waals surface area (Å²) in [6.07, 6.45) is 3.28. The first kappa shape index (κ1) is 16.0. The fraction of sp³-hybridized carbons (Fsp3) is 0.500. The lowest BCUT2D eigenvalue weighted by molar-refractivity contribution is 0.204. The van der Waals surface area contributed by atoms with Crippen LogP contribution in [0.3, 0.4) is 0 Å². The van der Waals surface area contributed by atoms with E-state index in [0.717, 1.165) is 0 Å². The summed E-state index contributed by atoms with van der Waals surface area (Å²) in [4.78, 5) is 1.99. The Labute approximate surface area is 127 Å². The molecule has 0 bridgehead atoms. The van der Waals surface area contributed by atoms with Crippen LogP contribution in [0.2, 0.25) is 0 Å². The molecule has 0 amide bonds. The molecule has 0 radical (unpaired) electrons. The van der Waals surface area contributed by atoms with E-state index in [4.69, 9.17) is 10.9 Å². The van der Waals surface area contributed by atoms with E-state index in [-0.39, 0.29) is 22.7 Å². The van der Waals surface area contributed by atoms with E-state index in [1.807, 2.05) is 11.2 Å². The molecular weight excluding hydrogens is 296 g/mol. The van der Waals surface area contributed by atoms with Gasteiger partial charge in [0.05, 0.1) is 4.75 Å². The summed E-state index contributed by atoms with van der Waals surface area (Å²) >= 11 is 1.55. The fourth-order valence-electron chi connectivity index (χ4n) is 2.64. The number of hydrogen-bond acceptors (Lipinski definition) is 4. The maximum absolute atomic E-state index is 13.7. The van der Waals surface area contributed by atoms with E-state index in [1.165, 1.54) is 18.2 Å². The van der Waals surface area contributed by atoms with Gasteiger partial charge < -0.3 is 10.9 Å². The van der Waals surface area contributed by atoms with Crippen LogP contribution in [0.1, 0.15) is 18.4 Å². The zero-order chi connectivity index (χ0) is 15.5. The van der Waals surface area contributed by atoms with Crippen LogP contribution in [0.25, 0.3) is 0 Å². The summed E-state index contributed by atoms with van der Waals surface area (Å²) in [5.74, 6) is -0.826. The molecule has 2 rings (SSSR count). The van der Waals surface area contributed by atoms with E-state index in [0.29, 0.717) is 25.9 Å². The average Bonchev–Trinajstić information content (AvgIpc) is 2.51. The summed E-state index contributed by atoms with van der Waals surface area (Å²) in [5.41, 5.74) is 5.88. The Morgan fingerprint density at radius 3 is 2.43 bits per heavy atom. The van der Waals surface area contributed by atoms with E-state index in [2.05, 4.69) is 5.16 Å². The smallest absolute Gasteiger partial charge is 0.155 e. The second kappa shape index (κ2) is 6.62. The number of amidine groups is 1. The van der Waals surface area contributed by atoms with Crippen LogP contribution >= 0.6 is 11.8 Å². The van der Waals surface area contributed by atoms with Gasteiger partial charge in [-0.2, -0.15) is 11.8 Å². The number of hydrogen-bond donors (Lipinski definition) is 2. The Kier molecular flexibility index (Phi) is 5.05. The molecule has 21 heavy (non-hydrogen) atoms. The van der Waals surface area contributed by atoms with Crippen molar-refractivity contribution in [2.45, 2.75) is 24.1 Å². The largest absolute Gasteiger partial charge is 0.409 e. The fourth-order valence-corrected chi connectivity index (χ4v) is 3.48. The number of oxime groups is 1. The molecule has 0 spiro atoms. The Hall–Kier alpha value is -1.34. The number of nitrogens with zero attached hydrogens (tertiary/aromatic N) is 2. The van der Waals surface area contributed by atoms with Crippen molar-refractivity contribution < 1.29 is 14.0 Å². The zero-order valence-corrected chi connectivity index (χ0v) is 12.7. The Balaban J connectivity index is 2.05. The summed E-state index contributed by atoms with van der Waals surface area (Å²) in [6.45, 7) is 1.52. The predicted octanol–water partition coefficient (Wildman–Crippen LogP) is 2.41. The molecule has 1 aliphatic heterocycles. The number of piperidine rings is 1. The van der Waals surface area contributed by atoms with Crippen molar-refractivity contribution in [3.05, 3.63) is 35.4 Å². The van der Waals surface area contributed by atoms with Gasteiger partial charge in [0.25, 0.3) is 0 Å². The molecule has 1 aromatic carbocycles. The SMILES string of the molecule is CSC1(/C(N)=N/O)CCN(Cc2c(F)cccc2F)CC1. The average molecular weight is 315 g/mol. The topological polar surface area (TPSA) is 61.9 Å². The van der Waals surface area contributed by atoms with Crippen molar-refractivity contribution in [3.63, 3.8) is 0 Å². The van der Waals surface area contributed by atoms with E-state index < -0.39 is 11.6 Å². The molecule has 1 aromatic rings. The van der Waals surface area contributed by atoms with Crippen LogP contribution in [0.4, 0.5) is 8.78 Å². The van der Waals surface area contributed by atoms with Crippen molar-refractivity contribution >= 4 is 17.6 Å². The van der Waals surface area contributed by atoms with Crippen molar-refractivity contribution in [1.29, 1.82) is 0 Å². The van der Waals surface area contributed by atoms with E-state index in [1.54, 1.807) is 11.8 Å². The van der Waals surface area contributed by atoms with Gasteiger partial charge in [-0.1, -0.05) is 11.2 Å². The second-order valence-corrected chi connectivity index (χ2v) is 6.35. The highest BCUT2D eigenvalue weighted by Crippen LogP contribution is 2.35. The Morgan fingerprint density at radius 2 is 1.95 bits per heavy atom. The third kappa shape index (κ3) is 3.29. The van der Waals surface area contributed by atoms with E-state index >= 15 is 0 Å². The van der Waals surface area contributed by atoms with Crippen molar-refractivity contribution in [1.82, 2.24) is 4.90 Å². The summed E-state index contributed by atoms with van der Waals surface area (Å²) in [6, 6.07) is 3.90. The van der Waals surface area contributed by atoms with Gasteiger partial charge in [0.2, 0.25) is 0 Å². The first-order chi connectivity index (χ1) is 10.0. The summed E-state index contributed by atoms with van der Waals surface area (Å²) in [7, 11) is 0. The van der Waals surface area contributed by atoms with Crippen molar-refractivity contribution in [3.8, 4) is 0 Å². The van der Waals surface area contributed by atoms with Crippen LogP contribution in [-0.4, -0.2) is 40.0 Å². The van der Waals surface area contributed by atoms with Crippen LogP contribution < -0.4 is 5.73 Å². The molecule has 4 nitrogen and oxygen atoms in total. The standard InChI is InChI=1S/C14H19F2N3OS/c1-21-14(13(17)18-20)5-7-19(8-6-14)9-10-11(15)3-2-4-12(10)16/h2-4,20H,5-9H2,1H3,(H2,17,18). The lowest BCUT2D eigenvalue weighted by Gasteiger charge is -2.39. The number of benzene rings is 1. The number of nitrogens with two attached hydrogens (primary N) is 1. The van der Waals surface area contributed by atoms with Gasteiger partial charge in [-0.15, -0.1) is 0 Å². The van der Waals surface area contributed by atoms with Crippen LogP contribution in [0.5, 0.6) is 0 Å². The molecular formula is C14H19F2N3OS. The van der Waals surface area contributed by atoms with Gasteiger partial charge >= 0.3 is 0 Å². The lowest BCUT2D eigenvalue weighted by atomic mass is 9.94. The minimum atomic E-state index is -0.520. The molecule has 0 unspecified atom stereocenters. The monoisotopic (exact) mass is 315 g/mol. The molecule has 0 saturated carbocycles. The van der Waals surface area contributed by atoms with Gasteiger partial charge in [-0.05, 0) is 31.2 Å². The third-order valence-electron chi connectivity index (χ3n) is 4.07. The van der Waals surface area contributed by atoms with Crippen molar-refractivity contribution in [2.75, 3.05) is 19.3 Å². The van der Waals surface area contributed by atoms with E-state index in [9.17, 15) is 8.78 Å². The molecule has 7 heteroatoms. The molecule has 1 fully saturated rings. The first-order valence-corrected chi connectivity index (χ1v) is 7.93. The molecule has 0 atom stereocenters. The number of thioether (sulfide) groups is 1. The summed E-state index contributed by atoms with van der Waals surface area (Å²) < 4.78 is 26.9. The number of likely N-dealkylation sites (tertiary alicyclic amines) is 1. The van der Waals surface area contributed by atoms with Gasteiger partial charge in [-0.25, -0.2) is 8.78 Å². The highest BCUT2D eigenvalue weighted by Gasteiger charge is 2.38. The van der Waals surface area contributed by atoms with Gasteiger partial charge in [-0.3, -0.25) is 4.90 Å². The highest BCUT2D eigenvalue weighted by atomic mass is 32.2. The quantitative estimate of drug-likeness (QED) is 0.388. The van der Waals surface area contributed by atoms with Crippen LogP contribution in [0.15, 0.2) is 23.4 Å². The van der Waals surface area contributed by atoms with Crippen molar-refractivity contribution in [2.24, 2.45) is 10.9 Å². The zero-order valence-electron chi connectivity index (χ0n) is 11.9. The maximum Gasteiger partial charge on any atom is 0.155 e. The molecule has 116 valence electrons. The Morgan fingerprint density at radius 1 is 1.38 bits per heavy atom. The van der Waals surface area contributed by atoms with Gasteiger partial charge in [0.1, 0.15) is 11.6 Å². The number of rotatable bonds is 4. The third-order valence-corrected chi connectivity index (χ3v) is 5.47. The lowest BCUT2D eigenvalue weighted by Crippen LogP contribution is -2.50. The predicted molar refractivity (Wildman–Crippen MR) is 80.5 cm³/mol. The molecule has 3 N–H and O–H groups in total. The van der Waals surface area contributed by atoms with Crippen LogP contribution in [-0.2, 0) is 6.54 Å². The minimum Gasteiger partial charge on any atom is -0.409 e. The molecule has 1 aliphatic rings. The first-order valence-electron chi connectivity index (χ1n) is 6.71. The highest BCUT2D eigenvalue weighted by molar-refractivity contribution is 8.00. The normalized spacial score (nSPS) is 19.7. The Bertz CT molecular complexity index is 511. The number of halogens is 2. The molecule has 1 saturated heterocycles. The second-order valence-electron chi connectivity index (χ2n) is 5.16. The van der Waals surface area contributed by atoms with Crippen LogP contribution in [0, 0.1) is 11.6 Å². The van der Waals surface area contributed by atoms with Gasteiger partial charge in [0.15, 0.2) is 5.84 Å². The molecule has 0 aromatic heterocycles. The summed E-state index contributed by atoms with van der Waals surface area (Å²) in [5, 5.41) is 12.0. The maximum atomic E-state index is 13.7. The van der Waals surface area contributed by atoms with Gasteiger partial charge in [0, 0.05) is 25.2 Å². The molecule has 1 heterocycles. The molecule has 0 aliphatic carbocycles.